The molecule has 15 heavy (non-hydrogen) atoms. The Hall–Kier alpha value is -1.35. The third kappa shape index (κ3) is 2.36. The van der Waals surface area contributed by atoms with Gasteiger partial charge in [-0.1, -0.05) is 13.8 Å². The van der Waals surface area contributed by atoms with E-state index in [-0.39, 0.29) is 5.82 Å². The third-order valence-corrected chi connectivity index (χ3v) is 2.22. The predicted octanol–water partition coefficient (Wildman–Crippen LogP) is 3.07. The van der Waals surface area contributed by atoms with Gasteiger partial charge in [-0.25, -0.2) is 4.39 Å². The van der Waals surface area contributed by atoms with Crippen LogP contribution in [-0.4, -0.2) is 6.04 Å². The highest BCUT2D eigenvalue weighted by Gasteiger charge is 2.04. The summed E-state index contributed by atoms with van der Waals surface area (Å²) in [5.41, 5.74) is 0.607. The Bertz CT molecular complexity index is 462. The van der Waals surface area contributed by atoms with E-state index < -0.39 is 0 Å². The Balaban J connectivity index is 2.23. The van der Waals surface area contributed by atoms with E-state index in [9.17, 15) is 4.39 Å². The highest BCUT2D eigenvalue weighted by atomic mass is 19.1. The number of furan rings is 1. The molecular formula is C12H14FNO. The molecular weight excluding hydrogens is 193 g/mol. The maximum atomic E-state index is 12.9. The van der Waals surface area contributed by atoms with Crippen LogP contribution in [0.4, 0.5) is 4.39 Å². The number of fused-ring (bicyclic) bond motifs is 1. The Morgan fingerprint density at radius 2 is 2.13 bits per heavy atom. The van der Waals surface area contributed by atoms with Crippen LogP contribution in [0.2, 0.25) is 0 Å². The van der Waals surface area contributed by atoms with Gasteiger partial charge in [0.05, 0.1) is 6.54 Å². The maximum absolute atomic E-state index is 12.9. The standard InChI is InChI=1S/C12H14FNO/c1-8(2)14-7-11-5-9-3-4-10(13)6-12(9)15-11/h3-6,8,14H,7H2,1-2H3. The second-order valence-electron chi connectivity index (χ2n) is 3.93. The molecule has 1 heterocycles. The molecule has 1 aromatic heterocycles. The third-order valence-electron chi connectivity index (χ3n) is 2.22. The summed E-state index contributed by atoms with van der Waals surface area (Å²) in [6.07, 6.45) is 0. The molecule has 0 amide bonds. The zero-order valence-corrected chi connectivity index (χ0v) is 8.88. The van der Waals surface area contributed by atoms with Crippen molar-refractivity contribution in [2.24, 2.45) is 0 Å². The van der Waals surface area contributed by atoms with E-state index in [1.807, 2.05) is 6.07 Å². The molecule has 2 nitrogen and oxygen atoms in total. The molecule has 0 fully saturated rings. The van der Waals surface area contributed by atoms with Gasteiger partial charge in [-0.05, 0) is 18.2 Å². The van der Waals surface area contributed by atoms with Gasteiger partial charge in [0, 0.05) is 17.5 Å². The van der Waals surface area contributed by atoms with E-state index in [0.717, 1.165) is 11.1 Å². The number of nitrogens with one attached hydrogen (secondary N) is 1. The highest BCUT2D eigenvalue weighted by Crippen LogP contribution is 2.20. The fourth-order valence-corrected chi connectivity index (χ4v) is 1.45. The van der Waals surface area contributed by atoms with Gasteiger partial charge in [-0.15, -0.1) is 0 Å². The molecule has 80 valence electrons. The molecule has 2 rings (SSSR count). The second kappa shape index (κ2) is 4.03. The first kappa shape index (κ1) is 10.2. The van der Waals surface area contributed by atoms with Crippen molar-refractivity contribution in [2.45, 2.75) is 26.4 Å². The molecule has 0 aliphatic carbocycles. The fourth-order valence-electron chi connectivity index (χ4n) is 1.45. The van der Waals surface area contributed by atoms with Crippen LogP contribution in [0.3, 0.4) is 0 Å². The van der Waals surface area contributed by atoms with Crippen molar-refractivity contribution >= 4 is 11.0 Å². The van der Waals surface area contributed by atoms with Gasteiger partial charge >= 0.3 is 0 Å². The van der Waals surface area contributed by atoms with E-state index in [0.29, 0.717) is 18.2 Å². The number of rotatable bonds is 3. The van der Waals surface area contributed by atoms with E-state index in [1.54, 1.807) is 6.07 Å². The summed E-state index contributed by atoms with van der Waals surface area (Å²) in [6.45, 7) is 4.82. The molecule has 0 unspecified atom stereocenters. The van der Waals surface area contributed by atoms with Crippen LogP contribution in [0, 0.1) is 5.82 Å². The van der Waals surface area contributed by atoms with Gasteiger partial charge in [0.2, 0.25) is 0 Å². The van der Waals surface area contributed by atoms with Crippen LogP contribution < -0.4 is 5.32 Å². The molecule has 0 atom stereocenters. The average Bonchev–Trinajstić information content (AvgIpc) is 2.56. The molecule has 0 radical (unpaired) electrons. The molecule has 0 spiro atoms. The van der Waals surface area contributed by atoms with Crippen LogP contribution in [0.25, 0.3) is 11.0 Å². The second-order valence-corrected chi connectivity index (χ2v) is 3.93. The molecule has 2 aromatic rings. The van der Waals surface area contributed by atoms with E-state index in [4.69, 9.17) is 4.42 Å². The quantitative estimate of drug-likeness (QED) is 0.836. The summed E-state index contributed by atoms with van der Waals surface area (Å²) in [5, 5.41) is 4.19. The van der Waals surface area contributed by atoms with E-state index >= 15 is 0 Å². The Morgan fingerprint density at radius 3 is 2.87 bits per heavy atom. The monoisotopic (exact) mass is 207 g/mol. The smallest absolute Gasteiger partial charge is 0.137 e. The minimum atomic E-state index is -0.264. The zero-order valence-electron chi connectivity index (χ0n) is 8.88. The maximum Gasteiger partial charge on any atom is 0.137 e. The number of benzene rings is 1. The summed E-state index contributed by atoms with van der Waals surface area (Å²) >= 11 is 0. The van der Waals surface area contributed by atoms with Crippen LogP contribution in [0.5, 0.6) is 0 Å². The van der Waals surface area contributed by atoms with Crippen LogP contribution in [-0.2, 0) is 6.54 Å². The van der Waals surface area contributed by atoms with Gasteiger partial charge in [0.15, 0.2) is 0 Å². The molecule has 1 N–H and O–H groups in total. The summed E-state index contributed by atoms with van der Waals surface area (Å²) in [5.74, 6) is 0.574. The summed E-state index contributed by atoms with van der Waals surface area (Å²) in [7, 11) is 0. The molecule has 1 aromatic carbocycles. The van der Waals surface area contributed by atoms with Crippen molar-refractivity contribution in [3.05, 3.63) is 35.8 Å². The zero-order chi connectivity index (χ0) is 10.8. The van der Waals surface area contributed by atoms with Crippen molar-refractivity contribution in [1.82, 2.24) is 5.32 Å². The first-order valence-corrected chi connectivity index (χ1v) is 5.06. The Morgan fingerprint density at radius 1 is 1.33 bits per heavy atom. The Labute approximate surface area is 88.1 Å². The minimum Gasteiger partial charge on any atom is -0.460 e. The number of hydrogen-bond donors (Lipinski definition) is 1. The summed E-state index contributed by atoms with van der Waals surface area (Å²) < 4.78 is 18.4. The van der Waals surface area contributed by atoms with E-state index in [1.165, 1.54) is 12.1 Å². The SMILES string of the molecule is CC(C)NCc1cc2ccc(F)cc2o1. The van der Waals surface area contributed by atoms with Crippen LogP contribution in [0.15, 0.2) is 28.7 Å². The van der Waals surface area contributed by atoms with Crippen molar-refractivity contribution < 1.29 is 8.81 Å². The normalized spacial score (nSPS) is 11.5. The number of hydrogen-bond acceptors (Lipinski definition) is 2. The Kier molecular flexibility index (Phi) is 2.73. The van der Waals surface area contributed by atoms with Crippen molar-refractivity contribution in [3.8, 4) is 0 Å². The van der Waals surface area contributed by atoms with E-state index in [2.05, 4.69) is 19.2 Å². The highest BCUT2D eigenvalue weighted by molar-refractivity contribution is 5.77. The van der Waals surface area contributed by atoms with Crippen molar-refractivity contribution in [2.75, 3.05) is 0 Å². The fraction of sp³-hybridized carbons (Fsp3) is 0.333. The molecule has 0 aliphatic rings. The van der Waals surface area contributed by atoms with Gasteiger partial charge in [0.25, 0.3) is 0 Å². The van der Waals surface area contributed by atoms with Gasteiger partial charge in [-0.3, -0.25) is 0 Å². The predicted molar refractivity (Wildman–Crippen MR) is 58.1 cm³/mol. The lowest BCUT2D eigenvalue weighted by atomic mass is 10.2. The molecule has 0 saturated carbocycles. The van der Waals surface area contributed by atoms with Crippen molar-refractivity contribution in [3.63, 3.8) is 0 Å². The summed E-state index contributed by atoms with van der Waals surface area (Å²) in [6, 6.07) is 6.93. The first-order chi connectivity index (χ1) is 7.15. The van der Waals surface area contributed by atoms with Crippen LogP contribution >= 0.6 is 0 Å². The molecule has 3 heteroatoms. The average molecular weight is 207 g/mol. The molecule has 0 saturated heterocycles. The minimum absolute atomic E-state index is 0.264. The molecule has 0 bridgehead atoms. The lowest BCUT2D eigenvalue weighted by Crippen LogP contribution is -2.21. The van der Waals surface area contributed by atoms with Gasteiger partial charge < -0.3 is 9.73 Å². The first-order valence-electron chi connectivity index (χ1n) is 5.06. The number of halogens is 1. The lowest BCUT2D eigenvalue weighted by molar-refractivity contribution is 0.487. The summed E-state index contributed by atoms with van der Waals surface area (Å²) in [4.78, 5) is 0. The van der Waals surface area contributed by atoms with Gasteiger partial charge in [-0.2, -0.15) is 0 Å². The molecule has 0 aliphatic heterocycles. The lowest BCUT2D eigenvalue weighted by Gasteiger charge is -2.04. The topological polar surface area (TPSA) is 25.2 Å². The van der Waals surface area contributed by atoms with Crippen LogP contribution in [0.1, 0.15) is 19.6 Å². The largest absolute Gasteiger partial charge is 0.460 e. The van der Waals surface area contributed by atoms with Crippen molar-refractivity contribution in [1.29, 1.82) is 0 Å². The van der Waals surface area contributed by atoms with Gasteiger partial charge in [0.1, 0.15) is 17.2 Å².